The highest BCUT2D eigenvalue weighted by molar-refractivity contribution is 7.90. The molecule has 0 heterocycles. The second-order valence-corrected chi connectivity index (χ2v) is 19.6. The molecule has 0 aliphatic rings. The Labute approximate surface area is 269 Å². The van der Waals surface area contributed by atoms with Crippen molar-refractivity contribution in [2.75, 3.05) is 24.6 Å². The largest absolute Gasteiger partial charge is 1.00 e. The standard InChI is InChI=1S/C40H50P2.ClH/c1-35(2)29-33-41(37-21-11-7-12-22-37,38-23-13-8-14-24-38)31-19-5-6-20-32-42(34-30-36(3)4,39-25-15-9-16-26-39)40-27-17-10-18-28-40;/h7-18,21-30H,5-6,19-20,31-34H2,1-4H3;1H/q+2;/p-1. The van der Waals surface area contributed by atoms with Gasteiger partial charge in [0.2, 0.25) is 0 Å². The molecule has 43 heavy (non-hydrogen) atoms. The molecule has 0 nitrogen and oxygen atoms in total. The first-order valence-corrected chi connectivity index (χ1v) is 20.0. The van der Waals surface area contributed by atoms with Crippen molar-refractivity contribution in [2.45, 2.75) is 53.4 Å². The van der Waals surface area contributed by atoms with E-state index >= 15 is 0 Å². The van der Waals surface area contributed by atoms with Crippen molar-refractivity contribution in [3.63, 3.8) is 0 Å². The third-order valence-corrected chi connectivity index (χ3v) is 17.4. The summed E-state index contributed by atoms with van der Waals surface area (Å²) in [6.07, 6.45) is 15.0. The molecule has 0 N–H and O–H groups in total. The van der Waals surface area contributed by atoms with Crippen molar-refractivity contribution in [2.24, 2.45) is 0 Å². The van der Waals surface area contributed by atoms with Gasteiger partial charge < -0.3 is 12.4 Å². The smallest absolute Gasteiger partial charge is 0.0995 e. The van der Waals surface area contributed by atoms with Crippen molar-refractivity contribution in [3.05, 3.63) is 145 Å². The van der Waals surface area contributed by atoms with E-state index in [9.17, 15) is 0 Å². The number of halogens is 1. The van der Waals surface area contributed by atoms with E-state index in [2.05, 4.69) is 161 Å². The van der Waals surface area contributed by atoms with Crippen LogP contribution in [0.2, 0.25) is 0 Å². The van der Waals surface area contributed by atoms with E-state index in [1.54, 1.807) is 21.2 Å². The summed E-state index contributed by atoms with van der Waals surface area (Å²) >= 11 is 0. The maximum absolute atomic E-state index is 2.50. The molecule has 0 aliphatic heterocycles. The van der Waals surface area contributed by atoms with Gasteiger partial charge in [0.15, 0.2) is 0 Å². The van der Waals surface area contributed by atoms with E-state index in [1.807, 2.05) is 0 Å². The van der Waals surface area contributed by atoms with Gasteiger partial charge in [-0.1, -0.05) is 83.9 Å². The summed E-state index contributed by atoms with van der Waals surface area (Å²) in [5.41, 5.74) is 2.84. The van der Waals surface area contributed by atoms with Gasteiger partial charge in [-0.25, -0.2) is 0 Å². The number of hydrogen-bond acceptors (Lipinski definition) is 0. The van der Waals surface area contributed by atoms with Gasteiger partial charge in [-0.15, -0.1) is 0 Å². The summed E-state index contributed by atoms with van der Waals surface area (Å²) in [6.45, 7) is 8.98. The van der Waals surface area contributed by atoms with Crippen LogP contribution in [0.3, 0.4) is 0 Å². The average Bonchev–Trinajstić information content (AvgIpc) is 3.03. The topological polar surface area (TPSA) is 0 Å². The van der Waals surface area contributed by atoms with E-state index in [-0.39, 0.29) is 12.4 Å². The first-order chi connectivity index (χ1) is 20.5. The summed E-state index contributed by atoms with van der Waals surface area (Å²) in [4.78, 5) is 0. The number of hydrogen-bond donors (Lipinski definition) is 0. The predicted octanol–water partition coefficient (Wildman–Crippen LogP) is 6.82. The van der Waals surface area contributed by atoms with Crippen molar-refractivity contribution in [1.29, 1.82) is 0 Å². The van der Waals surface area contributed by atoms with Crippen LogP contribution < -0.4 is 33.6 Å². The fourth-order valence-electron chi connectivity index (χ4n) is 6.07. The monoisotopic (exact) mass is 627 g/mol. The van der Waals surface area contributed by atoms with Crippen LogP contribution in [0.1, 0.15) is 53.4 Å². The fourth-order valence-corrected chi connectivity index (χ4v) is 14.8. The highest BCUT2D eigenvalue weighted by Crippen LogP contribution is 2.58. The van der Waals surface area contributed by atoms with Crippen LogP contribution in [0, 0.1) is 0 Å². The average molecular weight is 628 g/mol. The molecule has 0 aliphatic carbocycles. The number of benzene rings is 4. The first-order valence-electron chi connectivity index (χ1n) is 15.7. The molecule has 4 aromatic rings. The van der Waals surface area contributed by atoms with Crippen LogP contribution in [0.15, 0.2) is 145 Å². The zero-order chi connectivity index (χ0) is 29.7. The number of allylic oxidation sites excluding steroid dienone is 4. The Hall–Kier alpha value is -2.49. The van der Waals surface area contributed by atoms with Crippen LogP contribution in [0.25, 0.3) is 0 Å². The molecule has 226 valence electrons. The minimum Gasteiger partial charge on any atom is -1.00 e. The van der Waals surface area contributed by atoms with Gasteiger partial charge in [-0.05, 0) is 114 Å². The lowest BCUT2D eigenvalue weighted by molar-refractivity contribution is -0.00000867. The van der Waals surface area contributed by atoms with E-state index in [0.29, 0.717) is 0 Å². The van der Waals surface area contributed by atoms with Crippen LogP contribution in [0.5, 0.6) is 0 Å². The Morgan fingerprint density at radius 1 is 0.419 bits per heavy atom. The molecule has 4 aromatic carbocycles. The normalized spacial score (nSPS) is 11.3. The molecular weight excluding hydrogens is 578 g/mol. The molecule has 3 heteroatoms. The molecule has 0 unspecified atom stereocenters. The van der Waals surface area contributed by atoms with Crippen molar-refractivity contribution >= 4 is 35.7 Å². The van der Waals surface area contributed by atoms with Crippen LogP contribution in [0.4, 0.5) is 0 Å². The maximum atomic E-state index is 2.50. The predicted molar refractivity (Wildman–Crippen MR) is 195 cm³/mol. The van der Waals surface area contributed by atoms with Gasteiger partial charge in [0.25, 0.3) is 0 Å². The van der Waals surface area contributed by atoms with E-state index in [0.717, 1.165) is 12.3 Å². The van der Waals surface area contributed by atoms with Crippen molar-refractivity contribution in [3.8, 4) is 0 Å². The Bertz CT molecular complexity index is 1200. The summed E-state index contributed by atoms with van der Waals surface area (Å²) in [6, 6.07) is 45.6. The SMILES string of the molecule is CC(C)=CC[P+](CCCCCC[P+](CC=C(C)C)(c1ccccc1)c1ccccc1)(c1ccccc1)c1ccccc1.[Cl-]. The second kappa shape index (κ2) is 17.7. The number of unbranched alkanes of at least 4 members (excludes halogenated alkanes) is 3. The van der Waals surface area contributed by atoms with Gasteiger partial charge in [-0.2, -0.15) is 0 Å². The third kappa shape index (κ3) is 9.50. The maximum Gasteiger partial charge on any atom is 0.0995 e. The molecule has 0 amide bonds. The quantitative estimate of drug-likeness (QED) is 0.0771. The third-order valence-electron chi connectivity index (χ3n) is 8.45. The first kappa shape index (κ1) is 35.0. The molecular formula is C40H50ClP2+. The van der Waals surface area contributed by atoms with Gasteiger partial charge in [0.05, 0.1) is 60.4 Å². The minimum absolute atomic E-state index is 0. The molecule has 0 saturated heterocycles. The second-order valence-electron chi connectivity index (χ2n) is 12.1. The van der Waals surface area contributed by atoms with Gasteiger partial charge >= 0.3 is 0 Å². The Kier molecular flexibility index (Phi) is 14.4. The zero-order valence-corrected chi connectivity index (χ0v) is 29.2. The zero-order valence-electron chi connectivity index (χ0n) is 26.6. The lowest BCUT2D eigenvalue weighted by Crippen LogP contribution is -3.00. The molecule has 0 radical (unpaired) electrons. The van der Waals surface area contributed by atoms with E-state index in [4.69, 9.17) is 0 Å². The van der Waals surface area contributed by atoms with Crippen molar-refractivity contribution in [1.82, 2.24) is 0 Å². The highest BCUT2D eigenvalue weighted by atomic mass is 35.5. The molecule has 0 bridgehead atoms. The number of rotatable bonds is 15. The summed E-state index contributed by atoms with van der Waals surface area (Å²) < 4.78 is 0. The Morgan fingerprint density at radius 2 is 0.674 bits per heavy atom. The van der Waals surface area contributed by atoms with E-state index < -0.39 is 14.5 Å². The molecule has 4 rings (SSSR count). The summed E-state index contributed by atoms with van der Waals surface area (Å²) in [7, 11) is -3.06. The van der Waals surface area contributed by atoms with E-state index in [1.165, 1.54) is 49.2 Å². The Balaban J connectivity index is 0.00000506. The lowest BCUT2D eigenvalue weighted by atomic mass is 10.2. The molecule has 0 atom stereocenters. The summed E-state index contributed by atoms with van der Waals surface area (Å²) in [5, 5.41) is 6.20. The fraction of sp³-hybridized carbons (Fsp3) is 0.300. The van der Waals surface area contributed by atoms with Crippen molar-refractivity contribution < 1.29 is 12.4 Å². The van der Waals surface area contributed by atoms with Gasteiger partial charge in [0.1, 0.15) is 0 Å². The summed E-state index contributed by atoms with van der Waals surface area (Å²) in [5.74, 6) is 0. The molecule has 0 aromatic heterocycles. The molecule has 0 saturated carbocycles. The van der Waals surface area contributed by atoms with Crippen LogP contribution in [-0.2, 0) is 0 Å². The molecule has 0 fully saturated rings. The van der Waals surface area contributed by atoms with Gasteiger partial charge in [0, 0.05) is 0 Å². The highest BCUT2D eigenvalue weighted by Gasteiger charge is 2.42. The molecule has 0 spiro atoms. The van der Waals surface area contributed by atoms with Crippen LogP contribution >= 0.6 is 14.5 Å². The Morgan fingerprint density at radius 3 is 0.907 bits per heavy atom. The lowest BCUT2D eigenvalue weighted by Gasteiger charge is -2.28. The minimum atomic E-state index is -1.53. The van der Waals surface area contributed by atoms with Crippen LogP contribution in [-0.4, -0.2) is 24.6 Å². The van der Waals surface area contributed by atoms with Gasteiger partial charge in [-0.3, -0.25) is 0 Å².